The van der Waals surface area contributed by atoms with E-state index < -0.39 is 0 Å². The fourth-order valence-electron chi connectivity index (χ4n) is 2.64. The maximum absolute atomic E-state index is 5.79. The van der Waals surface area contributed by atoms with Crippen LogP contribution in [-0.4, -0.2) is 43.7 Å². The summed E-state index contributed by atoms with van der Waals surface area (Å²) in [6, 6.07) is 8.65. The number of benzene rings is 1. The van der Waals surface area contributed by atoms with Crippen LogP contribution in [0.25, 0.3) is 0 Å². The normalized spacial score (nSPS) is 17.3. The topological polar surface area (TPSA) is 24.5 Å². The molecule has 1 aliphatic heterocycles. The Hall–Kier alpha value is -0.580. The van der Waals surface area contributed by atoms with E-state index in [2.05, 4.69) is 40.0 Å². The van der Waals surface area contributed by atoms with Crippen molar-refractivity contribution in [1.29, 1.82) is 0 Å². The molecule has 0 spiro atoms. The Morgan fingerprint density at radius 2 is 1.90 bits per heavy atom. The molecule has 0 aromatic heterocycles. The summed E-state index contributed by atoms with van der Waals surface area (Å²) in [7, 11) is 0. The number of halogens is 1. The maximum Gasteiger partial charge on any atom is 0.119 e. The van der Waals surface area contributed by atoms with E-state index in [-0.39, 0.29) is 0 Å². The molecule has 0 radical (unpaired) electrons. The largest absolute Gasteiger partial charge is 0.492 e. The zero-order valence-corrected chi connectivity index (χ0v) is 14.7. The molecule has 1 aliphatic rings. The zero-order chi connectivity index (χ0) is 15.1. The number of likely N-dealkylation sites (tertiary alicyclic amines) is 1. The lowest BCUT2D eigenvalue weighted by molar-refractivity contribution is 0.153. The molecule has 1 heterocycles. The zero-order valence-electron chi connectivity index (χ0n) is 13.1. The minimum atomic E-state index is 0.599. The molecule has 118 valence electrons. The van der Waals surface area contributed by atoms with Crippen molar-refractivity contribution < 1.29 is 4.74 Å². The number of hydrogen-bond donors (Lipinski definition) is 1. The third-order valence-electron chi connectivity index (χ3n) is 4.01. The number of nitrogens with zero attached hydrogens (tertiary/aromatic N) is 1. The van der Waals surface area contributed by atoms with Crippen LogP contribution >= 0.6 is 15.9 Å². The van der Waals surface area contributed by atoms with Crippen LogP contribution in [0.15, 0.2) is 28.7 Å². The SMILES string of the molecule is CC(C)NCC1CCN(CCOc2ccc(Br)cc2)CC1. The number of rotatable bonds is 7. The van der Waals surface area contributed by atoms with Crippen LogP contribution in [0.1, 0.15) is 26.7 Å². The van der Waals surface area contributed by atoms with Gasteiger partial charge in [-0.05, 0) is 62.7 Å². The molecule has 1 aromatic rings. The predicted molar refractivity (Wildman–Crippen MR) is 91.9 cm³/mol. The Kier molecular flexibility index (Phi) is 7.00. The molecule has 0 aliphatic carbocycles. The van der Waals surface area contributed by atoms with Gasteiger partial charge in [-0.1, -0.05) is 29.8 Å². The smallest absolute Gasteiger partial charge is 0.119 e. The molecular weight excluding hydrogens is 328 g/mol. The summed E-state index contributed by atoms with van der Waals surface area (Å²) in [6.45, 7) is 9.81. The Morgan fingerprint density at radius 3 is 2.52 bits per heavy atom. The van der Waals surface area contributed by atoms with Gasteiger partial charge in [-0.15, -0.1) is 0 Å². The minimum Gasteiger partial charge on any atom is -0.492 e. The van der Waals surface area contributed by atoms with E-state index in [4.69, 9.17) is 4.74 Å². The fraction of sp³-hybridized carbons (Fsp3) is 0.647. The van der Waals surface area contributed by atoms with Crippen molar-refractivity contribution in [2.24, 2.45) is 5.92 Å². The molecule has 0 unspecified atom stereocenters. The van der Waals surface area contributed by atoms with E-state index in [1.165, 1.54) is 32.5 Å². The van der Waals surface area contributed by atoms with E-state index in [1.54, 1.807) is 0 Å². The molecule has 1 aromatic carbocycles. The van der Waals surface area contributed by atoms with Crippen molar-refractivity contribution in [2.45, 2.75) is 32.7 Å². The predicted octanol–water partition coefficient (Wildman–Crippen LogP) is 3.54. The Labute approximate surface area is 137 Å². The third-order valence-corrected chi connectivity index (χ3v) is 4.54. The van der Waals surface area contributed by atoms with Gasteiger partial charge in [0.1, 0.15) is 12.4 Å². The van der Waals surface area contributed by atoms with Crippen molar-refractivity contribution in [3.8, 4) is 5.75 Å². The van der Waals surface area contributed by atoms with E-state index in [0.717, 1.165) is 29.3 Å². The molecule has 4 heteroatoms. The number of piperidine rings is 1. The van der Waals surface area contributed by atoms with Crippen LogP contribution in [-0.2, 0) is 0 Å². The Morgan fingerprint density at radius 1 is 1.24 bits per heavy atom. The van der Waals surface area contributed by atoms with Gasteiger partial charge in [0.05, 0.1) is 0 Å². The van der Waals surface area contributed by atoms with Gasteiger partial charge in [0.2, 0.25) is 0 Å². The first-order valence-electron chi connectivity index (χ1n) is 7.97. The second kappa shape index (κ2) is 8.76. The quantitative estimate of drug-likeness (QED) is 0.810. The first kappa shape index (κ1) is 16.8. The molecule has 21 heavy (non-hydrogen) atoms. The lowest BCUT2D eigenvalue weighted by Gasteiger charge is -2.32. The summed E-state index contributed by atoms with van der Waals surface area (Å²) in [5.74, 6) is 1.80. The summed E-state index contributed by atoms with van der Waals surface area (Å²) in [5, 5.41) is 3.55. The van der Waals surface area contributed by atoms with Gasteiger partial charge < -0.3 is 10.1 Å². The van der Waals surface area contributed by atoms with Crippen LogP contribution in [0, 0.1) is 5.92 Å². The summed E-state index contributed by atoms with van der Waals surface area (Å²) in [4.78, 5) is 2.52. The standard InChI is InChI=1S/C17H27BrN2O/c1-14(2)19-13-15-7-9-20(10-8-15)11-12-21-17-5-3-16(18)4-6-17/h3-6,14-15,19H,7-13H2,1-2H3. The van der Waals surface area contributed by atoms with Crippen molar-refractivity contribution in [3.05, 3.63) is 28.7 Å². The monoisotopic (exact) mass is 354 g/mol. The highest BCUT2D eigenvalue weighted by Gasteiger charge is 2.18. The number of nitrogens with one attached hydrogen (secondary N) is 1. The molecule has 1 N–H and O–H groups in total. The molecule has 0 bridgehead atoms. The second-order valence-corrected chi connectivity index (χ2v) is 7.07. The first-order chi connectivity index (χ1) is 10.1. The summed E-state index contributed by atoms with van der Waals surface area (Å²) in [6.07, 6.45) is 2.61. The molecule has 0 atom stereocenters. The summed E-state index contributed by atoms with van der Waals surface area (Å²) >= 11 is 3.43. The lowest BCUT2D eigenvalue weighted by Crippen LogP contribution is -2.40. The van der Waals surface area contributed by atoms with Crippen molar-refractivity contribution in [2.75, 3.05) is 32.8 Å². The van der Waals surface area contributed by atoms with E-state index in [1.807, 2.05) is 24.3 Å². The molecule has 1 saturated heterocycles. The van der Waals surface area contributed by atoms with Crippen LogP contribution in [0.3, 0.4) is 0 Å². The highest BCUT2D eigenvalue weighted by atomic mass is 79.9. The molecule has 3 nitrogen and oxygen atoms in total. The fourth-order valence-corrected chi connectivity index (χ4v) is 2.90. The van der Waals surface area contributed by atoms with Crippen LogP contribution < -0.4 is 10.1 Å². The molecular formula is C17H27BrN2O. The van der Waals surface area contributed by atoms with Gasteiger partial charge in [-0.2, -0.15) is 0 Å². The molecule has 0 amide bonds. The average Bonchev–Trinajstić information content (AvgIpc) is 2.48. The van der Waals surface area contributed by atoms with E-state index >= 15 is 0 Å². The molecule has 0 saturated carbocycles. The third kappa shape index (κ3) is 6.37. The van der Waals surface area contributed by atoms with Crippen LogP contribution in [0.4, 0.5) is 0 Å². The first-order valence-corrected chi connectivity index (χ1v) is 8.77. The molecule has 1 fully saturated rings. The van der Waals surface area contributed by atoms with Crippen molar-refractivity contribution in [1.82, 2.24) is 10.2 Å². The van der Waals surface area contributed by atoms with Gasteiger partial charge in [0.25, 0.3) is 0 Å². The summed E-state index contributed by atoms with van der Waals surface area (Å²) in [5.41, 5.74) is 0. The molecule has 2 rings (SSSR count). The number of hydrogen-bond acceptors (Lipinski definition) is 3. The highest BCUT2D eigenvalue weighted by molar-refractivity contribution is 9.10. The van der Waals surface area contributed by atoms with Gasteiger partial charge in [0.15, 0.2) is 0 Å². The van der Waals surface area contributed by atoms with Gasteiger partial charge in [-0.3, -0.25) is 4.90 Å². The van der Waals surface area contributed by atoms with Crippen molar-refractivity contribution >= 4 is 15.9 Å². The van der Waals surface area contributed by atoms with E-state index in [9.17, 15) is 0 Å². The number of ether oxygens (including phenoxy) is 1. The average molecular weight is 355 g/mol. The van der Waals surface area contributed by atoms with Crippen LogP contribution in [0.5, 0.6) is 5.75 Å². The van der Waals surface area contributed by atoms with Crippen molar-refractivity contribution in [3.63, 3.8) is 0 Å². The van der Waals surface area contributed by atoms with Gasteiger partial charge in [0, 0.05) is 17.1 Å². The summed E-state index contributed by atoms with van der Waals surface area (Å²) < 4.78 is 6.88. The minimum absolute atomic E-state index is 0.599. The second-order valence-electron chi connectivity index (χ2n) is 6.15. The Bertz CT molecular complexity index is 400. The highest BCUT2D eigenvalue weighted by Crippen LogP contribution is 2.18. The van der Waals surface area contributed by atoms with Gasteiger partial charge in [-0.25, -0.2) is 0 Å². The maximum atomic E-state index is 5.79. The lowest BCUT2D eigenvalue weighted by atomic mass is 9.96. The van der Waals surface area contributed by atoms with Gasteiger partial charge >= 0.3 is 0 Å². The van der Waals surface area contributed by atoms with Crippen LogP contribution in [0.2, 0.25) is 0 Å². The Balaban J connectivity index is 1.59. The van der Waals surface area contributed by atoms with E-state index in [0.29, 0.717) is 6.04 Å².